The molecule has 0 aliphatic heterocycles. The average Bonchev–Trinajstić information content (AvgIpc) is 2.20. The van der Waals surface area contributed by atoms with E-state index in [0.29, 0.717) is 5.56 Å². The van der Waals surface area contributed by atoms with Crippen molar-refractivity contribution >= 4 is 11.9 Å². The number of carboxylic acids is 2. The summed E-state index contributed by atoms with van der Waals surface area (Å²) in [6.45, 7) is 1.42. The van der Waals surface area contributed by atoms with Crippen molar-refractivity contribution in [3.63, 3.8) is 0 Å². The SMILES string of the molecule is CC(N)C(=O)O.O=C(O)c1ccccc1. The maximum absolute atomic E-state index is 10.2. The molecule has 0 fully saturated rings. The van der Waals surface area contributed by atoms with E-state index in [9.17, 15) is 9.59 Å². The van der Waals surface area contributed by atoms with Crippen LogP contribution in [0, 0.1) is 0 Å². The molecule has 0 radical (unpaired) electrons. The number of hydrogen-bond donors (Lipinski definition) is 3. The van der Waals surface area contributed by atoms with E-state index < -0.39 is 18.0 Å². The molecule has 4 N–H and O–H groups in total. The lowest BCUT2D eigenvalue weighted by Gasteiger charge is -1.90. The van der Waals surface area contributed by atoms with Crippen molar-refractivity contribution in [2.75, 3.05) is 0 Å². The summed E-state index contributed by atoms with van der Waals surface area (Å²) in [5.41, 5.74) is 5.17. The lowest BCUT2D eigenvalue weighted by molar-refractivity contribution is -0.138. The molecule has 5 nitrogen and oxygen atoms in total. The summed E-state index contributed by atoms with van der Waals surface area (Å²) < 4.78 is 0. The van der Waals surface area contributed by atoms with Crippen molar-refractivity contribution in [1.29, 1.82) is 0 Å². The molecule has 0 spiro atoms. The van der Waals surface area contributed by atoms with Crippen LogP contribution in [0.15, 0.2) is 30.3 Å². The van der Waals surface area contributed by atoms with E-state index in [1.54, 1.807) is 30.3 Å². The van der Waals surface area contributed by atoms with Crippen molar-refractivity contribution in [1.82, 2.24) is 0 Å². The Morgan fingerprint density at radius 3 is 1.80 bits per heavy atom. The van der Waals surface area contributed by atoms with Crippen molar-refractivity contribution in [3.05, 3.63) is 35.9 Å². The van der Waals surface area contributed by atoms with E-state index in [1.165, 1.54) is 6.92 Å². The van der Waals surface area contributed by atoms with Crippen LogP contribution in [-0.4, -0.2) is 28.2 Å². The first-order chi connectivity index (χ1) is 6.95. The molecule has 0 saturated heterocycles. The van der Waals surface area contributed by atoms with Crippen LogP contribution in [0.2, 0.25) is 0 Å². The highest BCUT2D eigenvalue weighted by Crippen LogP contribution is 1.96. The van der Waals surface area contributed by atoms with E-state index in [4.69, 9.17) is 15.9 Å². The summed E-state index contributed by atoms with van der Waals surface area (Å²) in [6, 6.07) is 7.56. The highest BCUT2D eigenvalue weighted by molar-refractivity contribution is 5.87. The van der Waals surface area contributed by atoms with E-state index in [0.717, 1.165) is 0 Å². The maximum Gasteiger partial charge on any atom is 0.335 e. The molecule has 5 heteroatoms. The number of carbonyl (C=O) groups is 2. The van der Waals surface area contributed by atoms with Crippen LogP contribution >= 0.6 is 0 Å². The third kappa shape index (κ3) is 6.23. The molecule has 0 aliphatic rings. The van der Waals surface area contributed by atoms with Gasteiger partial charge in [-0.3, -0.25) is 4.79 Å². The standard InChI is InChI=1S/C7H6O2.C3H7NO2/c8-7(9)6-4-2-1-3-5-6;1-2(4)3(5)6/h1-5H,(H,8,9);2H,4H2,1H3,(H,5,6). The summed E-state index contributed by atoms with van der Waals surface area (Å²) in [6.07, 6.45) is 0. The van der Waals surface area contributed by atoms with Crippen LogP contribution in [0.25, 0.3) is 0 Å². The van der Waals surface area contributed by atoms with Gasteiger partial charge in [0.2, 0.25) is 0 Å². The van der Waals surface area contributed by atoms with Crippen molar-refractivity contribution < 1.29 is 19.8 Å². The molecule has 0 saturated carbocycles. The van der Waals surface area contributed by atoms with Gasteiger partial charge < -0.3 is 15.9 Å². The number of aromatic carboxylic acids is 1. The zero-order valence-electron chi connectivity index (χ0n) is 8.25. The minimum atomic E-state index is -0.963. The molecule has 0 aromatic heterocycles. The summed E-state index contributed by atoms with van der Waals surface area (Å²) >= 11 is 0. The minimum absolute atomic E-state index is 0.331. The number of nitrogens with two attached hydrogens (primary N) is 1. The van der Waals surface area contributed by atoms with Gasteiger partial charge in [0.05, 0.1) is 5.56 Å². The van der Waals surface area contributed by atoms with E-state index in [-0.39, 0.29) is 0 Å². The lowest BCUT2D eigenvalue weighted by atomic mass is 10.2. The summed E-state index contributed by atoms with van der Waals surface area (Å²) in [7, 11) is 0. The summed E-state index contributed by atoms with van der Waals surface area (Å²) in [5.74, 6) is -1.84. The third-order valence-corrected chi connectivity index (χ3v) is 1.41. The van der Waals surface area contributed by atoms with Gasteiger partial charge in [-0.1, -0.05) is 18.2 Å². The van der Waals surface area contributed by atoms with Gasteiger partial charge in [-0.05, 0) is 19.1 Å². The van der Waals surface area contributed by atoms with Crippen LogP contribution in [-0.2, 0) is 4.79 Å². The van der Waals surface area contributed by atoms with Crippen LogP contribution in [0.1, 0.15) is 17.3 Å². The minimum Gasteiger partial charge on any atom is -0.480 e. The Morgan fingerprint density at radius 2 is 1.60 bits per heavy atom. The molecule has 15 heavy (non-hydrogen) atoms. The number of carboxylic acid groups (broad SMARTS) is 2. The Hall–Kier alpha value is -1.88. The monoisotopic (exact) mass is 211 g/mol. The summed E-state index contributed by atoms with van der Waals surface area (Å²) in [4.78, 5) is 19.8. The maximum atomic E-state index is 10.2. The largest absolute Gasteiger partial charge is 0.480 e. The quantitative estimate of drug-likeness (QED) is 0.671. The van der Waals surface area contributed by atoms with Gasteiger partial charge in [0.1, 0.15) is 6.04 Å². The predicted molar refractivity (Wildman–Crippen MR) is 54.7 cm³/mol. The number of rotatable bonds is 2. The molecular weight excluding hydrogens is 198 g/mol. The first-order valence-corrected chi connectivity index (χ1v) is 4.22. The van der Waals surface area contributed by atoms with Gasteiger partial charge in [0, 0.05) is 0 Å². The van der Waals surface area contributed by atoms with Crippen LogP contribution in [0.4, 0.5) is 0 Å². The van der Waals surface area contributed by atoms with Gasteiger partial charge in [0.25, 0.3) is 0 Å². The predicted octanol–water partition coefficient (Wildman–Crippen LogP) is 0.803. The second kappa shape index (κ2) is 6.56. The van der Waals surface area contributed by atoms with E-state index >= 15 is 0 Å². The number of aliphatic carboxylic acids is 1. The second-order valence-corrected chi connectivity index (χ2v) is 2.80. The topological polar surface area (TPSA) is 101 Å². The van der Waals surface area contributed by atoms with Crippen LogP contribution < -0.4 is 5.73 Å². The Kier molecular flexibility index (Phi) is 5.73. The molecule has 82 valence electrons. The first kappa shape index (κ1) is 13.1. The molecule has 1 aromatic carbocycles. The normalized spacial score (nSPS) is 10.8. The lowest BCUT2D eigenvalue weighted by Crippen LogP contribution is -2.25. The molecule has 1 aromatic rings. The second-order valence-electron chi connectivity index (χ2n) is 2.80. The van der Waals surface area contributed by atoms with Crippen molar-refractivity contribution in [3.8, 4) is 0 Å². The first-order valence-electron chi connectivity index (χ1n) is 4.22. The molecule has 0 heterocycles. The molecule has 0 aliphatic carbocycles. The fourth-order valence-corrected chi connectivity index (χ4v) is 0.581. The van der Waals surface area contributed by atoms with Gasteiger partial charge in [0.15, 0.2) is 0 Å². The molecular formula is C10H13NO4. The molecule has 0 bridgehead atoms. The molecule has 1 rings (SSSR count). The van der Waals surface area contributed by atoms with Crippen LogP contribution in [0.5, 0.6) is 0 Å². The van der Waals surface area contributed by atoms with E-state index in [1.807, 2.05) is 0 Å². The number of hydrogen-bond acceptors (Lipinski definition) is 3. The Balaban J connectivity index is 0.000000288. The van der Waals surface area contributed by atoms with E-state index in [2.05, 4.69) is 0 Å². The smallest absolute Gasteiger partial charge is 0.335 e. The highest BCUT2D eigenvalue weighted by Gasteiger charge is 1.99. The fourth-order valence-electron chi connectivity index (χ4n) is 0.581. The van der Waals surface area contributed by atoms with Gasteiger partial charge >= 0.3 is 11.9 Å². The van der Waals surface area contributed by atoms with Gasteiger partial charge in [-0.25, -0.2) is 4.79 Å². The molecule has 1 atom stereocenters. The Labute approximate surface area is 87.1 Å². The average molecular weight is 211 g/mol. The molecule has 0 amide bonds. The fraction of sp³-hybridized carbons (Fsp3) is 0.200. The van der Waals surface area contributed by atoms with Gasteiger partial charge in [-0.2, -0.15) is 0 Å². The van der Waals surface area contributed by atoms with Gasteiger partial charge in [-0.15, -0.1) is 0 Å². The van der Waals surface area contributed by atoms with Crippen LogP contribution in [0.3, 0.4) is 0 Å². The zero-order chi connectivity index (χ0) is 11.8. The Morgan fingerprint density at radius 1 is 1.20 bits per heavy atom. The van der Waals surface area contributed by atoms with Crippen molar-refractivity contribution in [2.24, 2.45) is 5.73 Å². The third-order valence-electron chi connectivity index (χ3n) is 1.41. The zero-order valence-corrected chi connectivity index (χ0v) is 8.25. The Bertz CT molecular complexity index is 321. The molecule has 1 unspecified atom stereocenters. The number of benzene rings is 1. The highest BCUT2D eigenvalue weighted by atomic mass is 16.4. The summed E-state index contributed by atoms with van der Waals surface area (Å²) in [5, 5.41) is 16.3. The van der Waals surface area contributed by atoms with Crippen molar-refractivity contribution in [2.45, 2.75) is 13.0 Å².